The van der Waals surface area contributed by atoms with Gasteiger partial charge in [0.15, 0.2) is 0 Å². The van der Waals surface area contributed by atoms with Crippen LogP contribution in [0.2, 0.25) is 5.02 Å². The van der Waals surface area contributed by atoms with Crippen LogP contribution in [-0.4, -0.2) is 22.3 Å². The summed E-state index contributed by atoms with van der Waals surface area (Å²) in [4.78, 5) is 18.9. The molecule has 0 saturated heterocycles. The van der Waals surface area contributed by atoms with Crippen molar-refractivity contribution in [2.45, 2.75) is 19.5 Å². The Kier molecular flexibility index (Phi) is 3.80. The summed E-state index contributed by atoms with van der Waals surface area (Å²) < 4.78 is 0. The molecule has 0 radical (unpaired) electrons. The van der Waals surface area contributed by atoms with Gasteiger partial charge in [0.2, 0.25) is 0 Å². The molecular weight excluding hydrogens is 286 g/mol. The number of carbonyl (C=O) groups excluding carboxylic acids is 1. The van der Waals surface area contributed by atoms with Crippen molar-refractivity contribution >= 4 is 23.2 Å². The molecule has 0 aliphatic carbocycles. The molecular formula is C16H16ClN3O. The molecule has 0 unspecified atom stereocenters. The molecule has 108 valence electrons. The molecule has 4 nitrogen and oxygen atoms in total. The Morgan fingerprint density at radius 3 is 2.90 bits per heavy atom. The lowest BCUT2D eigenvalue weighted by Crippen LogP contribution is -2.43. The highest BCUT2D eigenvalue weighted by Gasteiger charge is 2.33. The van der Waals surface area contributed by atoms with Gasteiger partial charge < -0.3 is 10.2 Å². The Bertz CT molecular complexity index is 660. The van der Waals surface area contributed by atoms with E-state index in [-0.39, 0.29) is 12.1 Å². The fourth-order valence-corrected chi connectivity index (χ4v) is 2.73. The van der Waals surface area contributed by atoms with Crippen molar-refractivity contribution in [3.05, 3.63) is 58.9 Å². The van der Waals surface area contributed by atoms with Gasteiger partial charge in [-0.15, -0.1) is 0 Å². The Labute approximate surface area is 128 Å². The summed E-state index contributed by atoms with van der Waals surface area (Å²) in [6, 6.07) is 11.0. The SMILES string of the molecule is CCCN1C(=O)c2ccc(Cl)cc2N[C@@H]1c1ccccn1. The van der Waals surface area contributed by atoms with Gasteiger partial charge in [0, 0.05) is 17.8 Å². The zero-order chi connectivity index (χ0) is 14.8. The van der Waals surface area contributed by atoms with Crippen LogP contribution in [0.3, 0.4) is 0 Å². The molecule has 1 N–H and O–H groups in total. The molecule has 1 amide bonds. The van der Waals surface area contributed by atoms with Crippen molar-refractivity contribution in [3.63, 3.8) is 0 Å². The number of amides is 1. The summed E-state index contributed by atoms with van der Waals surface area (Å²) in [5.41, 5.74) is 2.24. The van der Waals surface area contributed by atoms with E-state index in [0.29, 0.717) is 17.1 Å². The zero-order valence-corrected chi connectivity index (χ0v) is 12.5. The zero-order valence-electron chi connectivity index (χ0n) is 11.7. The van der Waals surface area contributed by atoms with Crippen LogP contribution in [0.5, 0.6) is 0 Å². The lowest BCUT2D eigenvalue weighted by molar-refractivity contribution is 0.0680. The van der Waals surface area contributed by atoms with Crippen molar-refractivity contribution < 1.29 is 4.79 Å². The van der Waals surface area contributed by atoms with Crippen LogP contribution in [0.25, 0.3) is 0 Å². The quantitative estimate of drug-likeness (QED) is 0.940. The molecule has 1 aromatic carbocycles. The standard InChI is InChI=1S/C16H16ClN3O/c1-2-9-20-15(13-5-3-4-8-18-13)19-14-10-11(17)6-7-12(14)16(20)21/h3-8,10,15,19H,2,9H2,1H3/t15-/m0/s1. The maximum atomic E-state index is 12.7. The monoisotopic (exact) mass is 301 g/mol. The van der Waals surface area contributed by atoms with E-state index in [9.17, 15) is 4.79 Å². The molecule has 1 atom stereocenters. The number of nitrogens with zero attached hydrogens (tertiary/aromatic N) is 2. The number of halogens is 1. The normalized spacial score (nSPS) is 17.3. The topological polar surface area (TPSA) is 45.2 Å². The number of rotatable bonds is 3. The Hall–Kier alpha value is -2.07. The van der Waals surface area contributed by atoms with E-state index in [1.807, 2.05) is 23.1 Å². The predicted molar refractivity (Wildman–Crippen MR) is 83.4 cm³/mol. The van der Waals surface area contributed by atoms with Crippen molar-refractivity contribution in [1.29, 1.82) is 0 Å². The molecule has 0 spiro atoms. The van der Waals surface area contributed by atoms with Crippen LogP contribution in [0.4, 0.5) is 5.69 Å². The summed E-state index contributed by atoms with van der Waals surface area (Å²) in [5, 5.41) is 3.99. The second-order valence-electron chi connectivity index (χ2n) is 4.99. The molecule has 1 aliphatic heterocycles. The molecule has 0 saturated carbocycles. The number of fused-ring (bicyclic) bond motifs is 1. The number of hydrogen-bond donors (Lipinski definition) is 1. The van der Waals surface area contributed by atoms with E-state index in [2.05, 4.69) is 17.2 Å². The van der Waals surface area contributed by atoms with Gasteiger partial charge in [-0.2, -0.15) is 0 Å². The first-order valence-electron chi connectivity index (χ1n) is 6.98. The van der Waals surface area contributed by atoms with Gasteiger partial charge >= 0.3 is 0 Å². The molecule has 3 rings (SSSR count). The van der Waals surface area contributed by atoms with Crippen LogP contribution >= 0.6 is 11.6 Å². The van der Waals surface area contributed by atoms with Crippen LogP contribution in [0, 0.1) is 0 Å². The molecule has 2 heterocycles. The van der Waals surface area contributed by atoms with Crippen molar-refractivity contribution in [2.75, 3.05) is 11.9 Å². The third-order valence-electron chi connectivity index (χ3n) is 3.51. The van der Waals surface area contributed by atoms with Crippen molar-refractivity contribution in [2.24, 2.45) is 0 Å². The maximum Gasteiger partial charge on any atom is 0.257 e. The number of anilines is 1. The van der Waals surface area contributed by atoms with Gasteiger partial charge in [-0.1, -0.05) is 24.6 Å². The molecule has 21 heavy (non-hydrogen) atoms. The summed E-state index contributed by atoms with van der Waals surface area (Å²) >= 11 is 6.04. The number of pyridine rings is 1. The molecule has 1 aliphatic rings. The highest BCUT2D eigenvalue weighted by atomic mass is 35.5. The van der Waals surface area contributed by atoms with Gasteiger partial charge in [-0.25, -0.2) is 0 Å². The average molecular weight is 302 g/mol. The van der Waals surface area contributed by atoms with Gasteiger partial charge in [0.1, 0.15) is 6.17 Å². The first kappa shape index (κ1) is 13.9. The number of aromatic nitrogens is 1. The van der Waals surface area contributed by atoms with Gasteiger partial charge in [0.05, 0.1) is 16.9 Å². The molecule has 2 aromatic rings. The lowest BCUT2D eigenvalue weighted by Gasteiger charge is -2.37. The van der Waals surface area contributed by atoms with Crippen LogP contribution < -0.4 is 5.32 Å². The first-order valence-corrected chi connectivity index (χ1v) is 7.36. The number of hydrogen-bond acceptors (Lipinski definition) is 3. The fraction of sp³-hybridized carbons (Fsp3) is 0.250. The Balaban J connectivity index is 2.05. The highest BCUT2D eigenvalue weighted by molar-refractivity contribution is 6.31. The second-order valence-corrected chi connectivity index (χ2v) is 5.43. The first-order chi connectivity index (χ1) is 10.2. The smallest absolute Gasteiger partial charge is 0.257 e. The number of carbonyl (C=O) groups is 1. The van der Waals surface area contributed by atoms with Crippen LogP contribution in [0.1, 0.15) is 35.6 Å². The van der Waals surface area contributed by atoms with E-state index in [4.69, 9.17) is 11.6 Å². The maximum absolute atomic E-state index is 12.7. The van der Waals surface area contributed by atoms with Gasteiger partial charge in [0.25, 0.3) is 5.91 Å². The minimum atomic E-state index is -0.260. The van der Waals surface area contributed by atoms with Crippen molar-refractivity contribution in [3.8, 4) is 0 Å². The van der Waals surface area contributed by atoms with E-state index < -0.39 is 0 Å². The molecule has 1 aromatic heterocycles. The summed E-state index contributed by atoms with van der Waals surface area (Å²) in [6.07, 6.45) is 2.36. The van der Waals surface area contributed by atoms with Crippen LogP contribution in [0.15, 0.2) is 42.6 Å². The Morgan fingerprint density at radius 2 is 2.19 bits per heavy atom. The number of nitrogens with one attached hydrogen (secondary N) is 1. The molecule has 0 fully saturated rings. The fourth-order valence-electron chi connectivity index (χ4n) is 2.56. The number of benzene rings is 1. The minimum Gasteiger partial charge on any atom is -0.359 e. The van der Waals surface area contributed by atoms with E-state index in [1.165, 1.54) is 0 Å². The third-order valence-corrected chi connectivity index (χ3v) is 3.74. The van der Waals surface area contributed by atoms with Gasteiger partial charge in [-0.05, 0) is 36.8 Å². The summed E-state index contributed by atoms with van der Waals surface area (Å²) in [5.74, 6) is 0.0120. The summed E-state index contributed by atoms with van der Waals surface area (Å²) in [7, 11) is 0. The van der Waals surface area contributed by atoms with E-state index in [0.717, 1.165) is 17.8 Å². The Morgan fingerprint density at radius 1 is 1.33 bits per heavy atom. The van der Waals surface area contributed by atoms with E-state index >= 15 is 0 Å². The predicted octanol–water partition coefficient (Wildman–Crippen LogP) is 3.71. The highest BCUT2D eigenvalue weighted by Crippen LogP contribution is 2.33. The lowest BCUT2D eigenvalue weighted by atomic mass is 10.1. The molecule has 0 bridgehead atoms. The van der Waals surface area contributed by atoms with Crippen LogP contribution in [-0.2, 0) is 0 Å². The van der Waals surface area contributed by atoms with Gasteiger partial charge in [-0.3, -0.25) is 9.78 Å². The average Bonchev–Trinajstić information content (AvgIpc) is 2.50. The minimum absolute atomic E-state index is 0.0120. The van der Waals surface area contributed by atoms with Crippen molar-refractivity contribution in [1.82, 2.24) is 9.88 Å². The third kappa shape index (κ3) is 2.59. The summed E-state index contributed by atoms with van der Waals surface area (Å²) in [6.45, 7) is 2.73. The molecule has 5 heteroatoms. The largest absolute Gasteiger partial charge is 0.359 e. The van der Waals surface area contributed by atoms with E-state index in [1.54, 1.807) is 24.4 Å². The second kappa shape index (κ2) is 5.74.